The zero-order chi connectivity index (χ0) is 22.2. The first kappa shape index (κ1) is 20.0. The van der Waals surface area contributed by atoms with Gasteiger partial charge >= 0.3 is 5.97 Å². The second-order valence-corrected chi connectivity index (χ2v) is 8.38. The van der Waals surface area contributed by atoms with Gasteiger partial charge in [-0.05, 0) is 65.3 Å². The zero-order valence-electron chi connectivity index (χ0n) is 17.8. The van der Waals surface area contributed by atoms with Crippen LogP contribution in [0.15, 0.2) is 84.9 Å². The summed E-state index contributed by atoms with van der Waals surface area (Å²) < 4.78 is 0. The Morgan fingerprint density at radius 3 is 2.09 bits per heavy atom. The molecule has 3 heteroatoms. The van der Waals surface area contributed by atoms with Crippen LogP contribution in [0.2, 0.25) is 0 Å². The van der Waals surface area contributed by atoms with Crippen LogP contribution in [0.25, 0.3) is 11.1 Å². The lowest BCUT2D eigenvalue weighted by atomic mass is 9.95. The Kier molecular flexibility index (Phi) is 4.95. The molecule has 1 N–H and O–H groups in total. The molecule has 0 bridgehead atoms. The van der Waals surface area contributed by atoms with E-state index in [1.54, 1.807) is 24.3 Å². The summed E-state index contributed by atoms with van der Waals surface area (Å²) in [6, 6.07) is 27.3. The molecule has 0 spiro atoms. The van der Waals surface area contributed by atoms with E-state index in [1.165, 1.54) is 33.9 Å². The molecule has 156 valence electrons. The molecule has 5 rings (SSSR count). The van der Waals surface area contributed by atoms with E-state index in [2.05, 4.69) is 49.4 Å². The van der Waals surface area contributed by atoms with Crippen molar-refractivity contribution in [2.45, 2.75) is 19.8 Å². The van der Waals surface area contributed by atoms with Gasteiger partial charge in [0.05, 0.1) is 5.56 Å². The summed E-state index contributed by atoms with van der Waals surface area (Å²) in [7, 11) is 0. The van der Waals surface area contributed by atoms with Gasteiger partial charge in [-0.3, -0.25) is 4.79 Å². The van der Waals surface area contributed by atoms with Gasteiger partial charge in [-0.25, -0.2) is 4.79 Å². The second kappa shape index (κ2) is 7.93. The van der Waals surface area contributed by atoms with E-state index in [4.69, 9.17) is 0 Å². The number of aryl methyl sites for hydroxylation is 1. The molecular weight excluding hydrogens is 396 g/mol. The number of carbonyl (C=O) groups excluding carboxylic acids is 1. The third-order valence-electron chi connectivity index (χ3n) is 6.14. The van der Waals surface area contributed by atoms with E-state index in [9.17, 15) is 14.7 Å². The lowest BCUT2D eigenvalue weighted by Crippen LogP contribution is -2.09. The molecule has 0 heterocycles. The summed E-state index contributed by atoms with van der Waals surface area (Å²) in [4.78, 5) is 24.6. The van der Waals surface area contributed by atoms with Gasteiger partial charge in [0.2, 0.25) is 0 Å². The molecular formula is C29H22O3. The third-order valence-corrected chi connectivity index (χ3v) is 6.14. The number of fused-ring (bicyclic) bond motifs is 3. The standard InChI is InChI=1S/C29H22O3/c1-18-6-8-19(9-7-18)14-20-10-12-24-22(15-20)17-23-16-21(11-13-25(23)24)28(30)26-4-2-3-5-27(26)29(31)32/h2-13,15-16H,14,17H2,1H3,(H,31,32). The fourth-order valence-corrected chi connectivity index (χ4v) is 4.48. The minimum atomic E-state index is -1.09. The van der Waals surface area contributed by atoms with Crippen LogP contribution in [0.1, 0.15) is 54.1 Å². The largest absolute Gasteiger partial charge is 0.478 e. The maximum absolute atomic E-state index is 13.1. The number of carboxylic acid groups (broad SMARTS) is 1. The molecule has 0 aliphatic heterocycles. The first-order valence-corrected chi connectivity index (χ1v) is 10.7. The van der Waals surface area contributed by atoms with Gasteiger partial charge in [0, 0.05) is 11.1 Å². The summed E-state index contributed by atoms with van der Waals surface area (Å²) >= 11 is 0. The highest BCUT2D eigenvalue weighted by molar-refractivity contribution is 6.14. The number of rotatable bonds is 5. The number of hydrogen-bond donors (Lipinski definition) is 1. The molecule has 0 saturated carbocycles. The highest BCUT2D eigenvalue weighted by Crippen LogP contribution is 2.38. The minimum absolute atomic E-state index is 0.0297. The fraction of sp³-hybridized carbons (Fsp3) is 0.103. The van der Waals surface area contributed by atoms with Crippen LogP contribution in [0.4, 0.5) is 0 Å². The highest BCUT2D eigenvalue weighted by atomic mass is 16.4. The monoisotopic (exact) mass is 418 g/mol. The predicted octanol–water partition coefficient (Wildman–Crippen LogP) is 6.09. The van der Waals surface area contributed by atoms with Gasteiger partial charge in [0.15, 0.2) is 5.78 Å². The highest BCUT2D eigenvalue weighted by Gasteiger charge is 2.22. The van der Waals surface area contributed by atoms with Crippen LogP contribution in [-0.4, -0.2) is 16.9 Å². The molecule has 0 unspecified atom stereocenters. The smallest absolute Gasteiger partial charge is 0.336 e. The number of benzene rings is 4. The second-order valence-electron chi connectivity index (χ2n) is 8.38. The molecule has 0 radical (unpaired) electrons. The van der Waals surface area contributed by atoms with Crippen molar-refractivity contribution < 1.29 is 14.7 Å². The Bertz CT molecular complexity index is 1360. The molecule has 1 aliphatic carbocycles. The summed E-state index contributed by atoms with van der Waals surface area (Å²) in [5, 5.41) is 9.43. The van der Waals surface area contributed by atoms with Gasteiger partial charge in [-0.1, -0.05) is 78.4 Å². The van der Waals surface area contributed by atoms with E-state index in [0.717, 1.165) is 24.0 Å². The fourth-order valence-electron chi connectivity index (χ4n) is 4.48. The summed E-state index contributed by atoms with van der Waals surface area (Å²) in [5.41, 5.74) is 9.30. The van der Waals surface area contributed by atoms with E-state index in [0.29, 0.717) is 5.56 Å². The van der Waals surface area contributed by atoms with Crippen molar-refractivity contribution in [1.82, 2.24) is 0 Å². The molecule has 0 saturated heterocycles. The van der Waals surface area contributed by atoms with E-state index in [1.807, 2.05) is 12.1 Å². The van der Waals surface area contributed by atoms with Crippen LogP contribution in [0.3, 0.4) is 0 Å². The topological polar surface area (TPSA) is 54.4 Å². The molecule has 4 aromatic rings. The average molecular weight is 418 g/mol. The maximum atomic E-state index is 13.1. The number of carboxylic acids is 1. The molecule has 4 aromatic carbocycles. The Labute approximate surface area is 187 Å². The van der Waals surface area contributed by atoms with Crippen LogP contribution >= 0.6 is 0 Å². The number of ketones is 1. The first-order chi connectivity index (χ1) is 15.5. The Hall–Kier alpha value is -3.98. The van der Waals surface area contributed by atoms with Crippen molar-refractivity contribution in [2.24, 2.45) is 0 Å². The minimum Gasteiger partial charge on any atom is -0.478 e. The van der Waals surface area contributed by atoms with E-state index < -0.39 is 5.97 Å². The molecule has 32 heavy (non-hydrogen) atoms. The molecule has 0 amide bonds. The van der Waals surface area contributed by atoms with E-state index >= 15 is 0 Å². The molecule has 0 aromatic heterocycles. The van der Waals surface area contributed by atoms with Gasteiger partial charge in [0.1, 0.15) is 0 Å². The number of hydrogen-bond acceptors (Lipinski definition) is 2. The Balaban J connectivity index is 1.43. The van der Waals surface area contributed by atoms with Crippen molar-refractivity contribution in [3.05, 3.63) is 129 Å². The number of carbonyl (C=O) groups is 2. The van der Waals surface area contributed by atoms with E-state index in [-0.39, 0.29) is 16.9 Å². The predicted molar refractivity (Wildman–Crippen MR) is 126 cm³/mol. The van der Waals surface area contributed by atoms with Crippen molar-refractivity contribution in [3.8, 4) is 11.1 Å². The van der Waals surface area contributed by atoms with Crippen molar-refractivity contribution in [3.63, 3.8) is 0 Å². The van der Waals surface area contributed by atoms with Crippen molar-refractivity contribution in [2.75, 3.05) is 0 Å². The first-order valence-electron chi connectivity index (χ1n) is 10.7. The third kappa shape index (κ3) is 3.63. The summed E-state index contributed by atoms with van der Waals surface area (Å²) in [6.45, 7) is 2.09. The molecule has 3 nitrogen and oxygen atoms in total. The maximum Gasteiger partial charge on any atom is 0.336 e. The molecule has 0 fully saturated rings. The summed E-state index contributed by atoms with van der Waals surface area (Å²) in [6.07, 6.45) is 1.66. The Morgan fingerprint density at radius 1 is 0.750 bits per heavy atom. The van der Waals surface area contributed by atoms with Crippen molar-refractivity contribution in [1.29, 1.82) is 0 Å². The molecule has 1 aliphatic rings. The SMILES string of the molecule is Cc1ccc(Cc2ccc3c(c2)Cc2cc(C(=O)c4ccccc4C(=O)O)ccc2-3)cc1. The van der Waals surface area contributed by atoms with Crippen molar-refractivity contribution >= 4 is 11.8 Å². The lowest BCUT2D eigenvalue weighted by Gasteiger charge is -2.08. The van der Waals surface area contributed by atoms with Gasteiger partial charge in [-0.2, -0.15) is 0 Å². The van der Waals surface area contributed by atoms with Gasteiger partial charge in [-0.15, -0.1) is 0 Å². The lowest BCUT2D eigenvalue weighted by molar-refractivity contribution is 0.0693. The number of aromatic carboxylic acids is 1. The average Bonchev–Trinajstić information content (AvgIpc) is 3.17. The van der Waals surface area contributed by atoms with Crippen LogP contribution in [0.5, 0.6) is 0 Å². The van der Waals surface area contributed by atoms with Gasteiger partial charge in [0.25, 0.3) is 0 Å². The molecule has 0 atom stereocenters. The Morgan fingerprint density at radius 2 is 1.38 bits per heavy atom. The quantitative estimate of drug-likeness (QED) is 0.352. The normalized spacial score (nSPS) is 11.7. The van der Waals surface area contributed by atoms with Crippen LogP contribution in [0, 0.1) is 6.92 Å². The van der Waals surface area contributed by atoms with Crippen LogP contribution in [-0.2, 0) is 12.8 Å². The van der Waals surface area contributed by atoms with Gasteiger partial charge < -0.3 is 5.11 Å². The zero-order valence-corrected chi connectivity index (χ0v) is 17.8. The van der Waals surface area contributed by atoms with Crippen LogP contribution < -0.4 is 0 Å². The summed E-state index contributed by atoms with van der Waals surface area (Å²) in [5.74, 6) is -1.36.